The number of nitrogens with one attached hydrogen (secondary N) is 2. The molecule has 2 unspecified atom stereocenters. The third kappa shape index (κ3) is 9.53. The molecule has 0 fully saturated rings. The summed E-state index contributed by atoms with van der Waals surface area (Å²) in [5.41, 5.74) is 2.15. The van der Waals surface area contributed by atoms with Crippen LogP contribution in [0.15, 0.2) is 53.4 Å². The molecule has 0 bridgehead atoms. The number of hydrogen-bond donors (Lipinski definition) is 3. The van der Waals surface area contributed by atoms with E-state index in [0.717, 1.165) is 24.4 Å². The summed E-state index contributed by atoms with van der Waals surface area (Å²) in [5, 5.41) is 17.4. The van der Waals surface area contributed by atoms with E-state index in [4.69, 9.17) is 11.6 Å². The van der Waals surface area contributed by atoms with Gasteiger partial charge in [0.1, 0.15) is 0 Å². The molecule has 27 heavy (non-hydrogen) atoms. The van der Waals surface area contributed by atoms with Crippen molar-refractivity contribution in [1.29, 1.82) is 0 Å². The molecule has 2 aromatic carbocycles. The van der Waals surface area contributed by atoms with E-state index in [0.29, 0.717) is 17.5 Å². The molecule has 2 rings (SSSR count). The van der Waals surface area contributed by atoms with Crippen LogP contribution < -0.4 is 10.6 Å². The van der Waals surface area contributed by atoms with E-state index < -0.39 is 6.10 Å². The quantitative estimate of drug-likeness (QED) is 0.354. The molecule has 0 saturated heterocycles. The normalized spacial score (nSPS) is 12.6. The second-order valence-electron chi connectivity index (χ2n) is 6.15. The van der Waals surface area contributed by atoms with Crippen molar-refractivity contribution >= 4 is 48.2 Å². The first kappa shape index (κ1) is 26.5. The van der Waals surface area contributed by atoms with Gasteiger partial charge in [-0.05, 0) is 48.4 Å². The molecule has 2 aromatic rings. The van der Waals surface area contributed by atoms with E-state index in [1.807, 2.05) is 43.1 Å². The smallest absolute Gasteiger partial charge is 0.0914 e. The van der Waals surface area contributed by atoms with Crippen molar-refractivity contribution < 1.29 is 5.11 Å². The third-order valence-electron chi connectivity index (χ3n) is 4.09. The van der Waals surface area contributed by atoms with E-state index in [1.54, 1.807) is 0 Å². The monoisotopic (exact) mass is 450 g/mol. The molecule has 0 aliphatic rings. The van der Waals surface area contributed by atoms with Gasteiger partial charge in [-0.3, -0.25) is 0 Å². The van der Waals surface area contributed by atoms with Crippen molar-refractivity contribution in [3.05, 3.63) is 64.7 Å². The van der Waals surface area contributed by atoms with Gasteiger partial charge in [-0.2, -0.15) is 0 Å². The summed E-state index contributed by atoms with van der Waals surface area (Å²) in [6.45, 7) is 4.55. The summed E-state index contributed by atoms with van der Waals surface area (Å²) in [4.78, 5) is 1.30. The van der Waals surface area contributed by atoms with Crippen molar-refractivity contribution in [3.8, 4) is 0 Å². The predicted octanol–water partition coefficient (Wildman–Crippen LogP) is 4.92. The largest absolute Gasteiger partial charge is 0.387 e. The van der Waals surface area contributed by atoms with Crippen LogP contribution in [0.4, 0.5) is 0 Å². The molecule has 152 valence electrons. The summed E-state index contributed by atoms with van der Waals surface area (Å²) >= 11 is 7.83. The fraction of sp³-hybridized carbons (Fsp3) is 0.400. The molecule has 0 aliphatic carbocycles. The molecule has 0 radical (unpaired) electrons. The van der Waals surface area contributed by atoms with Gasteiger partial charge < -0.3 is 15.7 Å². The van der Waals surface area contributed by atoms with Crippen molar-refractivity contribution in [2.45, 2.75) is 23.8 Å². The van der Waals surface area contributed by atoms with Crippen LogP contribution in [-0.2, 0) is 0 Å². The first-order chi connectivity index (χ1) is 12.1. The van der Waals surface area contributed by atoms with Crippen LogP contribution in [-0.4, -0.2) is 37.5 Å². The molecule has 0 aromatic heterocycles. The third-order valence-corrected chi connectivity index (χ3v) is 5.34. The molecule has 2 atom stereocenters. The second-order valence-corrected chi connectivity index (χ2v) is 7.76. The molecule has 0 heterocycles. The number of rotatable bonds is 10. The van der Waals surface area contributed by atoms with Gasteiger partial charge in [0.05, 0.1) is 6.10 Å². The Morgan fingerprint density at radius 2 is 1.74 bits per heavy atom. The minimum Gasteiger partial charge on any atom is -0.387 e. The fourth-order valence-electron chi connectivity index (χ4n) is 2.55. The molecule has 0 saturated carbocycles. The Bertz CT molecular complexity index is 643. The van der Waals surface area contributed by atoms with Gasteiger partial charge in [0.25, 0.3) is 0 Å². The molecule has 3 nitrogen and oxygen atoms in total. The average Bonchev–Trinajstić information content (AvgIpc) is 2.62. The molecule has 7 heteroatoms. The van der Waals surface area contributed by atoms with Crippen LogP contribution in [0, 0.1) is 0 Å². The van der Waals surface area contributed by atoms with Crippen LogP contribution in [0.5, 0.6) is 0 Å². The van der Waals surface area contributed by atoms with Crippen LogP contribution in [0.25, 0.3) is 0 Å². The number of thioether (sulfide) groups is 1. The van der Waals surface area contributed by atoms with Gasteiger partial charge in [-0.15, -0.1) is 36.6 Å². The SMILES string of the molecule is CNCCSc1ccc(C(C)CNCC(O)c2cccc(Cl)c2)cc1.Cl.Cl. The first-order valence-corrected chi connectivity index (χ1v) is 9.98. The summed E-state index contributed by atoms with van der Waals surface area (Å²) in [6.07, 6.45) is -0.545. The Hall–Kier alpha value is -0.460. The standard InChI is InChI=1S/C20H27ClN2OS.2ClH/c1-15(16-6-8-19(9-7-16)25-11-10-22-2)13-23-14-20(24)17-4-3-5-18(21)12-17;;/h3-9,12,15,20,22-24H,10-11,13-14H2,1-2H3;2*1H. The molecule has 3 N–H and O–H groups in total. The minimum absolute atomic E-state index is 0. The zero-order chi connectivity index (χ0) is 18.1. The van der Waals surface area contributed by atoms with Crippen LogP contribution in [0.3, 0.4) is 0 Å². The summed E-state index contributed by atoms with van der Waals surface area (Å²) in [6, 6.07) is 16.1. The number of aliphatic hydroxyl groups is 1. The number of aliphatic hydroxyl groups excluding tert-OH is 1. The van der Waals surface area contributed by atoms with E-state index >= 15 is 0 Å². The lowest BCUT2D eigenvalue weighted by atomic mass is 10.0. The first-order valence-electron chi connectivity index (χ1n) is 8.61. The van der Waals surface area contributed by atoms with Gasteiger partial charge in [-0.1, -0.05) is 42.8 Å². The lowest BCUT2D eigenvalue weighted by Crippen LogP contribution is -2.25. The Labute approximate surface area is 184 Å². The predicted molar refractivity (Wildman–Crippen MR) is 123 cm³/mol. The lowest BCUT2D eigenvalue weighted by Gasteiger charge is -2.16. The zero-order valence-corrected chi connectivity index (χ0v) is 18.9. The molecular weight excluding hydrogens is 423 g/mol. The maximum absolute atomic E-state index is 10.2. The van der Waals surface area contributed by atoms with Gasteiger partial charge in [0.15, 0.2) is 0 Å². The lowest BCUT2D eigenvalue weighted by molar-refractivity contribution is 0.174. The van der Waals surface area contributed by atoms with Crippen molar-refractivity contribution in [3.63, 3.8) is 0 Å². The van der Waals surface area contributed by atoms with Crippen molar-refractivity contribution in [2.75, 3.05) is 32.4 Å². The zero-order valence-electron chi connectivity index (χ0n) is 15.7. The van der Waals surface area contributed by atoms with E-state index in [9.17, 15) is 5.11 Å². The average molecular weight is 452 g/mol. The van der Waals surface area contributed by atoms with Gasteiger partial charge in [0, 0.05) is 35.3 Å². The Morgan fingerprint density at radius 3 is 2.37 bits per heavy atom. The summed E-state index contributed by atoms with van der Waals surface area (Å²) in [7, 11) is 1.97. The van der Waals surface area contributed by atoms with Gasteiger partial charge in [-0.25, -0.2) is 0 Å². The number of hydrogen-bond acceptors (Lipinski definition) is 4. The maximum atomic E-state index is 10.2. The van der Waals surface area contributed by atoms with Gasteiger partial charge >= 0.3 is 0 Å². The maximum Gasteiger partial charge on any atom is 0.0914 e. The topological polar surface area (TPSA) is 44.3 Å². The highest BCUT2D eigenvalue weighted by Gasteiger charge is 2.10. The Balaban J connectivity index is 0.00000338. The van der Waals surface area contributed by atoms with E-state index in [2.05, 4.69) is 41.8 Å². The number of benzene rings is 2. The molecule has 0 aliphatic heterocycles. The van der Waals surface area contributed by atoms with Crippen LogP contribution in [0.1, 0.15) is 30.1 Å². The second kappa shape index (κ2) is 14.5. The van der Waals surface area contributed by atoms with Crippen molar-refractivity contribution in [2.24, 2.45) is 0 Å². The fourth-order valence-corrected chi connectivity index (χ4v) is 3.62. The highest BCUT2D eigenvalue weighted by molar-refractivity contribution is 7.99. The van der Waals surface area contributed by atoms with Crippen molar-refractivity contribution in [1.82, 2.24) is 10.6 Å². The Morgan fingerprint density at radius 1 is 1.04 bits per heavy atom. The highest BCUT2D eigenvalue weighted by atomic mass is 35.5. The van der Waals surface area contributed by atoms with Gasteiger partial charge in [0.2, 0.25) is 0 Å². The molecule has 0 amide bonds. The van der Waals surface area contributed by atoms with E-state index in [1.165, 1.54) is 10.5 Å². The van der Waals surface area contributed by atoms with Crippen LogP contribution in [0.2, 0.25) is 5.02 Å². The number of halogens is 3. The highest BCUT2D eigenvalue weighted by Crippen LogP contribution is 2.22. The summed E-state index contributed by atoms with van der Waals surface area (Å²) < 4.78 is 0. The molecular formula is C20H29Cl3N2OS. The minimum atomic E-state index is -0.545. The van der Waals surface area contributed by atoms with E-state index in [-0.39, 0.29) is 24.8 Å². The summed E-state index contributed by atoms with van der Waals surface area (Å²) in [5.74, 6) is 1.47. The Kier molecular flexibility index (Phi) is 14.3. The molecule has 0 spiro atoms. The van der Waals surface area contributed by atoms with Crippen LogP contribution >= 0.6 is 48.2 Å².